The minimum atomic E-state index is -2.99. The Morgan fingerprint density at radius 2 is 2.17 bits per heavy atom. The van der Waals surface area contributed by atoms with E-state index in [0.717, 1.165) is 24.4 Å². The lowest BCUT2D eigenvalue weighted by atomic mass is 9.91. The van der Waals surface area contributed by atoms with Crippen LogP contribution in [0.5, 0.6) is 0 Å². The van der Waals surface area contributed by atoms with Crippen LogP contribution in [0, 0.1) is 12.8 Å². The second kappa shape index (κ2) is 7.38. The molecule has 23 heavy (non-hydrogen) atoms. The molecule has 1 N–H and O–H groups in total. The Hall–Kier alpha value is -1.50. The molecule has 1 aliphatic rings. The number of hydrogen-bond donors (Lipinski definition) is 1. The van der Waals surface area contributed by atoms with E-state index in [0.29, 0.717) is 25.4 Å². The van der Waals surface area contributed by atoms with Crippen LogP contribution in [0.4, 0.5) is 4.79 Å². The second-order valence-electron chi connectivity index (χ2n) is 6.50. The highest BCUT2D eigenvalue weighted by Gasteiger charge is 2.32. The predicted molar refractivity (Wildman–Crippen MR) is 89.0 cm³/mol. The third-order valence-electron chi connectivity index (χ3n) is 4.18. The molecule has 130 valence electrons. The van der Waals surface area contributed by atoms with Crippen LogP contribution in [-0.4, -0.2) is 44.4 Å². The Labute approximate surface area is 138 Å². The van der Waals surface area contributed by atoms with E-state index in [4.69, 9.17) is 4.42 Å². The van der Waals surface area contributed by atoms with Crippen molar-refractivity contribution >= 4 is 15.9 Å². The molecular formula is C16H26N2O4S. The van der Waals surface area contributed by atoms with E-state index >= 15 is 0 Å². The van der Waals surface area contributed by atoms with Crippen molar-refractivity contribution in [2.24, 2.45) is 5.92 Å². The van der Waals surface area contributed by atoms with Gasteiger partial charge in [0.1, 0.15) is 21.4 Å². The Morgan fingerprint density at radius 3 is 2.78 bits per heavy atom. The van der Waals surface area contributed by atoms with Gasteiger partial charge in [0.15, 0.2) is 0 Å². The number of amides is 2. The van der Waals surface area contributed by atoms with E-state index in [1.54, 1.807) is 4.90 Å². The average Bonchev–Trinajstić information content (AvgIpc) is 2.89. The van der Waals surface area contributed by atoms with Crippen LogP contribution >= 0.6 is 0 Å². The molecule has 1 fully saturated rings. The maximum absolute atomic E-state index is 12.4. The molecule has 2 rings (SSSR count). The van der Waals surface area contributed by atoms with Crippen molar-refractivity contribution in [2.75, 3.05) is 25.1 Å². The Kier molecular flexibility index (Phi) is 5.73. The highest BCUT2D eigenvalue weighted by Crippen LogP contribution is 2.34. The summed E-state index contributed by atoms with van der Waals surface area (Å²) in [6, 6.07) is 3.64. The molecular weight excluding hydrogens is 316 g/mol. The topological polar surface area (TPSA) is 79.6 Å². The Balaban J connectivity index is 1.96. The number of likely N-dealkylation sites (tertiary alicyclic amines) is 1. The number of rotatable bonds is 5. The van der Waals surface area contributed by atoms with Crippen LogP contribution in [-0.2, 0) is 9.84 Å². The van der Waals surface area contributed by atoms with E-state index in [1.807, 2.05) is 19.1 Å². The van der Waals surface area contributed by atoms with Gasteiger partial charge in [0.2, 0.25) is 0 Å². The SMILES string of the molecule is Cc1ccc([C@H]2C[C@H](C)CCN2C(=O)NCCCS(C)(=O)=O)o1. The first-order valence-corrected chi connectivity index (χ1v) is 10.1. The number of nitrogens with zero attached hydrogens (tertiary/aromatic N) is 1. The van der Waals surface area contributed by atoms with Crippen LogP contribution in [0.1, 0.15) is 43.7 Å². The molecule has 2 atom stereocenters. The van der Waals surface area contributed by atoms with Crippen LogP contribution in [0.2, 0.25) is 0 Å². The zero-order valence-electron chi connectivity index (χ0n) is 14.0. The van der Waals surface area contributed by atoms with Gasteiger partial charge < -0.3 is 14.6 Å². The van der Waals surface area contributed by atoms with Crippen molar-refractivity contribution in [2.45, 2.75) is 39.2 Å². The fraction of sp³-hybridized carbons (Fsp3) is 0.688. The molecule has 7 heteroatoms. The smallest absolute Gasteiger partial charge is 0.318 e. The number of hydrogen-bond acceptors (Lipinski definition) is 4. The minimum Gasteiger partial charge on any atom is -0.464 e. The van der Waals surface area contributed by atoms with E-state index in [1.165, 1.54) is 6.26 Å². The lowest BCUT2D eigenvalue weighted by molar-refractivity contribution is 0.119. The quantitative estimate of drug-likeness (QED) is 0.834. The summed E-state index contributed by atoms with van der Waals surface area (Å²) in [7, 11) is -2.99. The first-order chi connectivity index (χ1) is 10.8. The number of sulfone groups is 1. The Bertz CT molecular complexity index is 638. The Morgan fingerprint density at radius 1 is 1.43 bits per heavy atom. The number of nitrogens with one attached hydrogen (secondary N) is 1. The molecule has 6 nitrogen and oxygen atoms in total. The maximum atomic E-state index is 12.4. The number of carbonyl (C=O) groups excluding carboxylic acids is 1. The number of carbonyl (C=O) groups is 1. The maximum Gasteiger partial charge on any atom is 0.318 e. The van der Waals surface area contributed by atoms with Crippen molar-refractivity contribution in [1.29, 1.82) is 0 Å². The molecule has 0 radical (unpaired) electrons. The fourth-order valence-corrected chi connectivity index (χ4v) is 3.59. The van der Waals surface area contributed by atoms with Gasteiger partial charge in [-0.25, -0.2) is 13.2 Å². The van der Waals surface area contributed by atoms with Crippen molar-refractivity contribution in [3.05, 3.63) is 23.7 Å². The normalized spacial score (nSPS) is 22.1. The third-order valence-corrected chi connectivity index (χ3v) is 5.21. The van der Waals surface area contributed by atoms with Crippen LogP contribution in [0.15, 0.2) is 16.5 Å². The lowest BCUT2D eigenvalue weighted by Gasteiger charge is -2.37. The first kappa shape index (κ1) is 17.8. The zero-order chi connectivity index (χ0) is 17.0. The summed E-state index contributed by atoms with van der Waals surface area (Å²) in [5.74, 6) is 2.29. The van der Waals surface area contributed by atoms with Gasteiger partial charge in [-0.3, -0.25) is 0 Å². The number of piperidine rings is 1. The summed E-state index contributed by atoms with van der Waals surface area (Å²) in [4.78, 5) is 14.2. The fourth-order valence-electron chi connectivity index (χ4n) is 2.92. The van der Waals surface area contributed by atoms with Crippen molar-refractivity contribution in [3.63, 3.8) is 0 Å². The van der Waals surface area contributed by atoms with Crippen molar-refractivity contribution in [3.8, 4) is 0 Å². The van der Waals surface area contributed by atoms with E-state index in [-0.39, 0.29) is 17.8 Å². The molecule has 0 saturated carbocycles. The molecule has 0 spiro atoms. The number of urea groups is 1. The molecule has 0 aromatic carbocycles. The summed E-state index contributed by atoms with van der Waals surface area (Å²) in [5, 5.41) is 2.83. The largest absolute Gasteiger partial charge is 0.464 e. The molecule has 1 aromatic heterocycles. The summed E-state index contributed by atoms with van der Waals surface area (Å²) >= 11 is 0. The van der Waals surface area contributed by atoms with Crippen molar-refractivity contribution < 1.29 is 17.6 Å². The van der Waals surface area contributed by atoms with Gasteiger partial charge in [-0.2, -0.15) is 0 Å². The van der Waals surface area contributed by atoms with Gasteiger partial charge in [0, 0.05) is 19.3 Å². The van der Waals surface area contributed by atoms with Gasteiger partial charge >= 0.3 is 6.03 Å². The predicted octanol–water partition coefficient (Wildman–Crippen LogP) is 2.51. The van der Waals surface area contributed by atoms with E-state index in [2.05, 4.69) is 12.2 Å². The van der Waals surface area contributed by atoms with Crippen LogP contribution < -0.4 is 5.32 Å². The van der Waals surface area contributed by atoms with Gasteiger partial charge in [0.25, 0.3) is 0 Å². The molecule has 1 aromatic rings. The standard InChI is InChI=1S/C16H26N2O4S/c1-12-7-9-18(14(11-12)15-6-5-13(2)22-15)16(19)17-8-4-10-23(3,20)21/h5-6,12,14H,4,7-11H2,1-3H3,(H,17,19)/t12-,14-/m1/s1. The van der Waals surface area contributed by atoms with Gasteiger partial charge in [-0.05, 0) is 44.2 Å². The third kappa shape index (κ3) is 5.27. The van der Waals surface area contributed by atoms with Crippen LogP contribution in [0.3, 0.4) is 0 Å². The van der Waals surface area contributed by atoms with Crippen LogP contribution in [0.25, 0.3) is 0 Å². The lowest BCUT2D eigenvalue weighted by Crippen LogP contribution is -2.46. The van der Waals surface area contributed by atoms with Crippen molar-refractivity contribution in [1.82, 2.24) is 10.2 Å². The van der Waals surface area contributed by atoms with E-state index < -0.39 is 9.84 Å². The summed E-state index contributed by atoms with van der Waals surface area (Å²) in [6.07, 6.45) is 3.48. The first-order valence-electron chi connectivity index (χ1n) is 8.05. The average molecular weight is 342 g/mol. The molecule has 0 unspecified atom stereocenters. The second-order valence-corrected chi connectivity index (χ2v) is 8.76. The molecule has 2 heterocycles. The summed E-state index contributed by atoms with van der Waals surface area (Å²) < 4.78 is 28.0. The summed E-state index contributed by atoms with van der Waals surface area (Å²) in [6.45, 7) is 5.13. The zero-order valence-corrected chi connectivity index (χ0v) is 14.9. The molecule has 1 aliphatic heterocycles. The number of furan rings is 1. The van der Waals surface area contributed by atoms with Gasteiger partial charge in [-0.1, -0.05) is 6.92 Å². The molecule has 0 bridgehead atoms. The highest BCUT2D eigenvalue weighted by molar-refractivity contribution is 7.90. The molecule has 0 aliphatic carbocycles. The van der Waals surface area contributed by atoms with Gasteiger partial charge in [-0.15, -0.1) is 0 Å². The summed E-state index contributed by atoms with van der Waals surface area (Å²) in [5.41, 5.74) is 0. The minimum absolute atomic E-state index is 0.0534. The molecule has 1 saturated heterocycles. The van der Waals surface area contributed by atoms with E-state index in [9.17, 15) is 13.2 Å². The highest BCUT2D eigenvalue weighted by atomic mass is 32.2. The monoisotopic (exact) mass is 342 g/mol. The van der Waals surface area contributed by atoms with Gasteiger partial charge in [0.05, 0.1) is 11.8 Å². The molecule has 2 amide bonds. The number of aryl methyl sites for hydroxylation is 1.